The van der Waals surface area contributed by atoms with Crippen LogP contribution in [0.3, 0.4) is 0 Å². The molecule has 1 heterocycles. The molecule has 2 atom stereocenters. The zero-order valence-corrected chi connectivity index (χ0v) is 15.1. The summed E-state index contributed by atoms with van der Waals surface area (Å²) in [6.45, 7) is 0.126. The van der Waals surface area contributed by atoms with E-state index >= 15 is 0 Å². The number of ether oxygens (including phenoxy) is 5. The highest BCUT2D eigenvalue weighted by Gasteiger charge is 2.38. The predicted octanol–water partition coefficient (Wildman–Crippen LogP) is 2.88. The molecule has 0 unspecified atom stereocenters. The van der Waals surface area contributed by atoms with Gasteiger partial charge in [-0.05, 0) is 24.1 Å². The third-order valence-corrected chi connectivity index (χ3v) is 5.09. The van der Waals surface area contributed by atoms with Crippen LogP contribution in [0.1, 0.15) is 29.0 Å². The number of hydrogen-bond donors (Lipinski definition) is 1. The van der Waals surface area contributed by atoms with Gasteiger partial charge in [-0.2, -0.15) is 0 Å². The summed E-state index contributed by atoms with van der Waals surface area (Å²) in [5, 5.41) is 10.5. The summed E-state index contributed by atoms with van der Waals surface area (Å²) in [6, 6.07) is 7.88. The van der Waals surface area contributed by atoms with Gasteiger partial charge in [0.1, 0.15) is 5.75 Å². The Morgan fingerprint density at radius 1 is 0.923 bits per heavy atom. The summed E-state index contributed by atoms with van der Waals surface area (Å²) in [7, 11) is 4.87. The molecule has 0 saturated carbocycles. The fourth-order valence-electron chi connectivity index (χ4n) is 3.97. The van der Waals surface area contributed by atoms with E-state index in [1.165, 1.54) is 0 Å². The summed E-state index contributed by atoms with van der Waals surface area (Å²) in [4.78, 5) is 0. The molecule has 0 aromatic heterocycles. The van der Waals surface area contributed by atoms with Crippen molar-refractivity contribution >= 4 is 0 Å². The second-order valence-corrected chi connectivity index (χ2v) is 6.44. The summed E-state index contributed by atoms with van der Waals surface area (Å²) in [6.07, 6.45) is 0.602. The second kappa shape index (κ2) is 6.61. The molecular weight excluding hydrogens is 336 g/mol. The van der Waals surface area contributed by atoms with Gasteiger partial charge >= 0.3 is 0 Å². The minimum Gasteiger partial charge on any atom is -0.497 e. The summed E-state index contributed by atoms with van der Waals surface area (Å²) < 4.78 is 27.9. The van der Waals surface area contributed by atoms with Crippen molar-refractivity contribution in [2.24, 2.45) is 0 Å². The van der Waals surface area contributed by atoms with Gasteiger partial charge < -0.3 is 28.8 Å². The maximum Gasteiger partial charge on any atom is 0.231 e. The number of benzene rings is 2. The number of hydrogen-bond acceptors (Lipinski definition) is 6. The van der Waals surface area contributed by atoms with Crippen LogP contribution < -0.4 is 23.7 Å². The van der Waals surface area contributed by atoms with E-state index < -0.39 is 6.10 Å². The van der Waals surface area contributed by atoms with Crippen molar-refractivity contribution in [3.05, 3.63) is 41.0 Å². The second-order valence-electron chi connectivity index (χ2n) is 6.44. The van der Waals surface area contributed by atoms with Gasteiger partial charge in [-0.3, -0.25) is 0 Å². The number of fused-ring (bicyclic) bond motifs is 2. The van der Waals surface area contributed by atoms with Gasteiger partial charge in [0.25, 0.3) is 0 Å². The maximum absolute atomic E-state index is 10.5. The molecule has 2 aromatic carbocycles. The van der Waals surface area contributed by atoms with Gasteiger partial charge in [0.2, 0.25) is 18.3 Å². The predicted molar refractivity (Wildman–Crippen MR) is 94.8 cm³/mol. The Labute approximate surface area is 152 Å². The van der Waals surface area contributed by atoms with E-state index in [1.54, 1.807) is 21.3 Å². The SMILES string of the molecule is COc1ccc([C@H]2C[C@@H](O)Cc3c(OC)c4c(c(OC)c32)OCO4)cc1. The van der Waals surface area contributed by atoms with Gasteiger partial charge in [-0.15, -0.1) is 0 Å². The van der Waals surface area contributed by atoms with E-state index in [0.717, 1.165) is 22.4 Å². The van der Waals surface area contributed by atoms with Crippen molar-refractivity contribution in [3.63, 3.8) is 0 Å². The third-order valence-electron chi connectivity index (χ3n) is 5.09. The molecule has 0 bridgehead atoms. The fraction of sp³-hybridized carbons (Fsp3) is 0.400. The number of rotatable bonds is 4. The van der Waals surface area contributed by atoms with Crippen LogP contribution in [0.5, 0.6) is 28.7 Å². The Kier molecular flexibility index (Phi) is 4.28. The molecule has 1 aliphatic carbocycles. The van der Waals surface area contributed by atoms with E-state index in [-0.39, 0.29) is 12.7 Å². The maximum atomic E-state index is 10.5. The molecule has 2 aliphatic rings. The Morgan fingerprint density at radius 2 is 1.58 bits per heavy atom. The van der Waals surface area contributed by atoms with Crippen LogP contribution in [0.4, 0.5) is 0 Å². The van der Waals surface area contributed by atoms with Crippen molar-refractivity contribution in [1.82, 2.24) is 0 Å². The lowest BCUT2D eigenvalue weighted by atomic mass is 9.76. The first-order valence-electron chi connectivity index (χ1n) is 8.56. The highest BCUT2D eigenvalue weighted by atomic mass is 16.7. The highest BCUT2D eigenvalue weighted by molar-refractivity contribution is 5.70. The van der Waals surface area contributed by atoms with Gasteiger partial charge in [0.15, 0.2) is 11.5 Å². The van der Waals surface area contributed by atoms with Crippen molar-refractivity contribution in [2.75, 3.05) is 28.1 Å². The quantitative estimate of drug-likeness (QED) is 0.907. The first-order valence-corrected chi connectivity index (χ1v) is 8.56. The summed E-state index contributed by atoms with van der Waals surface area (Å²) in [5.41, 5.74) is 2.97. The van der Waals surface area contributed by atoms with E-state index in [2.05, 4.69) is 0 Å². The Balaban J connectivity index is 1.93. The van der Waals surface area contributed by atoms with Crippen molar-refractivity contribution < 1.29 is 28.8 Å². The average molecular weight is 358 g/mol. The molecule has 26 heavy (non-hydrogen) atoms. The van der Waals surface area contributed by atoms with Crippen molar-refractivity contribution in [2.45, 2.75) is 24.9 Å². The standard InChI is InChI=1S/C20H22O6/c1-22-13-6-4-11(5-7-13)14-8-12(21)9-15-16(14)18(24-3)20-19(17(15)23-2)25-10-26-20/h4-7,12,14,21H,8-10H2,1-3H3/t12-,14-/m1/s1. The number of aliphatic hydroxyl groups excluding tert-OH is 1. The van der Waals surface area contributed by atoms with E-state index in [9.17, 15) is 5.11 Å². The Bertz CT molecular complexity index is 814. The van der Waals surface area contributed by atoms with Crippen LogP contribution >= 0.6 is 0 Å². The fourth-order valence-corrected chi connectivity index (χ4v) is 3.97. The Hall–Kier alpha value is -2.60. The van der Waals surface area contributed by atoms with Crippen molar-refractivity contribution in [3.8, 4) is 28.7 Å². The lowest BCUT2D eigenvalue weighted by molar-refractivity contribution is 0.149. The molecule has 6 nitrogen and oxygen atoms in total. The first kappa shape index (κ1) is 16.8. The molecule has 0 spiro atoms. The normalized spacial score (nSPS) is 20.5. The summed E-state index contributed by atoms with van der Waals surface area (Å²) >= 11 is 0. The highest BCUT2D eigenvalue weighted by Crippen LogP contribution is 2.57. The zero-order valence-electron chi connectivity index (χ0n) is 15.1. The van der Waals surface area contributed by atoms with Crippen LogP contribution in [-0.2, 0) is 6.42 Å². The Morgan fingerprint density at radius 3 is 2.19 bits per heavy atom. The minimum atomic E-state index is -0.478. The average Bonchev–Trinajstić information content (AvgIpc) is 3.14. The number of methoxy groups -OCH3 is 3. The van der Waals surface area contributed by atoms with Gasteiger partial charge in [-0.1, -0.05) is 12.1 Å². The van der Waals surface area contributed by atoms with Crippen LogP contribution in [0, 0.1) is 0 Å². The van der Waals surface area contributed by atoms with Crippen LogP contribution in [0.25, 0.3) is 0 Å². The lowest BCUT2D eigenvalue weighted by Crippen LogP contribution is -2.25. The number of aliphatic hydroxyl groups is 1. The topological polar surface area (TPSA) is 66.4 Å². The van der Waals surface area contributed by atoms with Crippen molar-refractivity contribution in [1.29, 1.82) is 0 Å². The zero-order chi connectivity index (χ0) is 18.3. The minimum absolute atomic E-state index is 0.0435. The molecule has 1 aliphatic heterocycles. The molecule has 138 valence electrons. The van der Waals surface area contributed by atoms with E-state index in [1.807, 2.05) is 24.3 Å². The first-order chi connectivity index (χ1) is 12.7. The molecular formula is C20H22O6. The molecule has 0 fully saturated rings. The van der Waals surface area contributed by atoms with Gasteiger partial charge in [0, 0.05) is 23.5 Å². The molecule has 0 amide bonds. The van der Waals surface area contributed by atoms with E-state index in [0.29, 0.717) is 35.8 Å². The molecule has 1 N–H and O–H groups in total. The molecule has 6 heteroatoms. The smallest absolute Gasteiger partial charge is 0.231 e. The van der Waals surface area contributed by atoms with Crippen LogP contribution in [-0.4, -0.2) is 39.3 Å². The third kappa shape index (κ3) is 2.52. The molecule has 0 saturated heterocycles. The largest absolute Gasteiger partial charge is 0.497 e. The lowest BCUT2D eigenvalue weighted by Gasteiger charge is -2.32. The molecule has 0 radical (unpaired) electrons. The van der Waals surface area contributed by atoms with Crippen LogP contribution in [0.2, 0.25) is 0 Å². The van der Waals surface area contributed by atoms with Gasteiger partial charge in [-0.25, -0.2) is 0 Å². The van der Waals surface area contributed by atoms with Crippen LogP contribution in [0.15, 0.2) is 24.3 Å². The summed E-state index contributed by atoms with van der Waals surface area (Å²) in [5.74, 6) is 3.13. The molecule has 4 rings (SSSR count). The molecule has 2 aromatic rings. The van der Waals surface area contributed by atoms with E-state index in [4.69, 9.17) is 23.7 Å². The monoisotopic (exact) mass is 358 g/mol. The van der Waals surface area contributed by atoms with Gasteiger partial charge in [0.05, 0.1) is 27.4 Å².